The lowest BCUT2D eigenvalue weighted by Gasteiger charge is -2.22. The molecule has 8 heteroatoms. The van der Waals surface area contributed by atoms with Crippen LogP contribution < -0.4 is 5.32 Å². The molecule has 1 aliphatic heterocycles. The molecular weight excluding hydrogens is 296 g/mol. The smallest absolute Gasteiger partial charge is 0.337 e. The minimum Gasteiger partial charge on any atom is -0.478 e. The number of nitrogens with zero attached hydrogens (tertiary/aromatic N) is 1. The number of carboxylic acid groups (broad SMARTS) is 1. The molecule has 2 N–H and O–H groups in total. The first-order valence-electron chi connectivity index (χ1n) is 6.51. The highest BCUT2D eigenvalue weighted by Gasteiger charge is 2.25. The number of sulfone groups is 1. The summed E-state index contributed by atoms with van der Waals surface area (Å²) in [6, 6.07) is 2.50. The van der Waals surface area contributed by atoms with Gasteiger partial charge in [-0.3, -0.25) is 4.79 Å². The number of carbonyl (C=O) groups is 2. The summed E-state index contributed by atoms with van der Waals surface area (Å²) < 4.78 is 22.6. The van der Waals surface area contributed by atoms with Gasteiger partial charge in [0.15, 0.2) is 0 Å². The number of carbonyl (C=O) groups excluding carboxylic acids is 1. The van der Waals surface area contributed by atoms with Gasteiger partial charge < -0.3 is 10.4 Å². The Morgan fingerprint density at radius 2 is 1.90 bits per heavy atom. The van der Waals surface area contributed by atoms with Gasteiger partial charge in [0.1, 0.15) is 15.5 Å². The average molecular weight is 312 g/mol. The Morgan fingerprint density at radius 1 is 1.29 bits per heavy atom. The van der Waals surface area contributed by atoms with Gasteiger partial charge in [-0.05, 0) is 31.9 Å². The summed E-state index contributed by atoms with van der Waals surface area (Å²) in [6.45, 7) is 1.52. The Labute approximate surface area is 122 Å². The molecule has 2 rings (SSSR count). The maximum Gasteiger partial charge on any atom is 0.337 e. The number of aryl methyl sites for hydroxylation is 1. The molecule has 1 aromatic rings. The molecule has 0 aliphatic carbocycles. The van der Waals surface area contributed by atoms with E-state index >= 15 is 0 Å². The fraction of sp³-hybridized carbons (Fsp3) is 0.462. The van der Waals surface area contributed by atoms with Crippen LogP contribution in [0, 0.1) is 6.92 Å². The summed E-state index contributed by atoms with van der Waals surface area (Å²) in [5, 5.41) is 11.6. The number of hydrogen-bond acceptors (Lipinski definition) is 5. The highest BCUT2D eigenvalue weighted by Crippen LogP contribution is 2.13. The number of carboxylic acids is 1. The number of nitrogens with one attached hydrogen (secondary N) is 1. The SMILES string of the molecule is Cc1nc(C(=O)NC2CCS(=O)(=O)CC2)ccc1C(=O)O. The third-order valence-electron chi connectivity index (χ3n) is 3.44. The monoisotopic (exact) mass is 312 g/mol. The van der Waals surface area contributed by atoms with E-state index in [2.05, 4.69) is 10.3 Å². The number of hydrogen-bond donors (Lipinski definition) is 2. The Bertz CT molecular complexity index is 670. The molecule has 0 bridgehead atoms. The zero-order valence-corrected chi connectivity index (χ0v) is 12.3. The summed E-state index contributed by atoms with van der Waals surface area (Å²) in [5.74, 6) is -1.37. The summed E-state index contributed by atoms with van der Waals surface area (Å²) in [7, 11) is -2.97. The molecule has 0 radical (unpaired) electrons. The minimum absolute atomic E-state index is 0.0512. The van der Waals surface area contributed by atoms with E-state index in [4.69, 9.17) is 5.11 Å². The van der Waals surface area contributed by atoms with Gasteiger partial charge in [0.2, 0.25) is 0 Å². The van der Waals surface area contributed by atoms with Crippen LogP contribution in [0.15, 0.2) is 12.1 Å². The van der Waals surface area contributed by atoms with Crippen molar-refractivity contribution in [3.8, 4) is 0 Å². The summed E-state index contributed by atoms with van der Waals surface area (Å²) in [4.78, 5) is 26.9. The van der Waals surface area contributed by atoms with Crippen LogP contribution in [0.3, 0.4) is 0 Å². The van der Waals surface area contributed by atoms with Crippen molar-refractivity contribution in [3.05, 3.63) is 29.1 Å². The van der Waals surface area contributed by atoms with Crippen LogP contribution in [0.1, 0.15) is 39.4 Å². The Hall–Kier alpha value is -1.96. The fourth-order valence-electron chi connectivity index (χ4n) is 2.21. The zero-order valence-electron chi connectivity index (χ0n) is 11.5. The first kappa shape index (κ1) is 15.4. The van der Waals surface area contributed by atoms with Gasteiger partial charge in [-0.25, -0.2) is 18.2 Å². The predicted molar refractivity (Wildman–Crippen MR) is 75.1 cm³/mol. The van der Waals surface area contributed by atoms with Gasteiger partial charge >= 0.3 is 5.97 Å². The molecule has 0 saturated carbocycles. The molecule has 1 fully saturated rings. The maximum atomic E-state index is 12.0. The molecule has 21 heavy (non-hydrogen) atoms. The van der Waals surface area contributed by atoms with Crippen molar-refractivity contribution in [1.82, 2.24) is 10.3 Å². The number of aromatic carboxylic acids is 1. The largest absolute Gasteiger partial charge is 0.478 e. The van der Waals surface area contributed by atoms with Gasteiger partial charge in [0, 0.05) is 6.04 Å². The van der Waals surface area contributed by atoms with Crippen LogP contribution in [0.4, 0.5) is 0 Å². The van der Waals surface area contributed by atoms with Crippen LogP contribution in [0.5, 0.6) is 0 Å². The lowest BCUT2D eigenvalue weighted by Crippen LogP contribution is -2.41. The Balaban J connectivity index is 2.04. The molecule has 0 spiro atoms. The summed E-state index contributed by atoms with van der Waals surface area (Å²) in [6.07, 6.45) is 0.778. The molecular formula is C13H16N2O5S. The third-order valence-corrected chi connectivity index (χ3v) is 5.15. The van der Waals surface area contributed by atoms with Gasteiger partial charge in [0.25, 0.3) is 5.91 Å². The van der Waals surface area contributed by atoms with Gasteiger partial charge in [0.05, 0.1) is 22.8 Å². The quantitative estimate of drug-likeness (QED) is 0.835. The van der Waals surface area contributed by atoms with Crippen molar-refractivity contribution in [2.24, 2.45) is 0 Å². The van der Waals surface area contributed by atoms with Crippen molar-refractivity contribution in [2.45, 2.75) is 25.8 Å². The van der Waals surface area contributed by atoms with Crippen LogP contribution in [0.25, 0.3) is 0 Å². The standard InChI is InChI=1S/C13H16N2O5S/c1-8-10(13(17)18)2-3-11(14-8)12(16)15-9-4-6-21(19,20)7-5-9/h2-3,9H,4-7H2,1H3,(H,15,16)(H,17,18). The van der Waals surface area contributed by atoms with Crippen molar-refractivity contribution in [3.63, 3.8) is 0 Å². The first-order chi connectivity index (χ1) is 9.78. The predicted octanol–water partition coefficient (Wildman–Crippen LogP) is 0.395. The van der Waals surface area contributed by atoms with Gasteiger partial charge in [-0.15, -0.1) is 0 Å². The van der Waals surface area contributed by atoms with Crippen LogP contribution in [-0.2, 0) is 9.84 Å². The first-order valence-corrected chi connectivity index (χ1v) is 8.33. The van der Waals surface area contributed by atoms with Crippen molar-refractivity contribution in [2.75, 3.05) is 11.5 Å². The lowest BCUT2D eigenvalue weighted by molar-refractivity contribution is 0.0694. The zero-order chi connectivity index (χ0) is 15.6. The molecule has 0 unspecified atom stereocenters. The van der Waals surface area contributed by atoms with E-state index in [1.54, 1.807) is 0 Å². The lowest BCUT2D eigenvalue weighted by atomic mass is 10.1. The topological polar surface area (TPSA) is 113 Å². The molecule has 7 nitrogen and oxygen atoms in total. The van der Waals surface area contributed by atoms with E-state index in [0.717, 1.165) is 0 Å². The molecule has 1 saturated heterocycles. The normalized spacial score (nSPS) is 18.1. The second kappa shape index (κ2) is 5.80. The van der Waals surface area contributed by atoms with E-state index in [1.165, 1.54) is 19.1 Å². The van der Waals surface area contributed by atoms with Crippen molar-refractivity contribution in [1.29, 1.82) is 0 Å². The van der Waals surface area contributed by atoms with E-state index in [-0.39, 0.29) is 34.5 Å². The van der Waals surface area contributed by atoms with Crippen molar-refractivity contribution >= 4 is 21.7 Å². The molecule has 1 aromatic heterocycles. The molecule has 0 aromatic carbocycles. The highest BCUT2D eigenvalue weighted by molar-refractivity contribution is 7.91. The van der Waals surface area contributed by atoms with Crippen LogP contribution >= 0.6 is 0 Å². The van der Waals surface area contributed by atoms with Gasteiger partial charge in [-0.1, -0.05) is 0 Å². The number of pyridine rings is 1. The fourth-order valence-corrected chi connectivity index (χ4v) is 3.70. The van der Waals surface area contributed by atoms with E-state index < -0.39 is 21.7 Å². The van der Waals surface area contributed by atoms with Gasteiger partial charge in [-0.2, -0.15) is 0 Å². The number of amides is 1. The minimum atomic E-state index is -2.97. The second-order valence-electron chi connectivity index (χ2n) is 5.03. The van der Waals surface area contributed by atoms with Crippen LogP contribution in [-0.4, -0.2) is 47.9 Å². The summed E-state index contributed by atoms with van der Waals surface area (Å²) >= 11 is 0. The maximum absolute atomic E-state index is 12.0. The molecule has 2 heterocycles. The third kappa shape index (κ3) is 3.78. The summed E-state index contributed by atoms with van der Waals surface area (Å²) in [5.41, 5.74) is 0.447. The van der Waals surface area contributed by atoms with E-state index in [0.29, 0.717) is 12.8 Å². The number of aromatic nitrogens is 1. The second-order valence-corrected chi connectivity index (χ2v) is 7.34. The Morgan fingerprint density at radius 3 is 2.43 bits per heavy atom. The van der Waals surface area contributed by atoms with E-state index in [1.807, 2.05) is 0 Å². The Kier molecular flexibility index (Phi) is 4.26. The molecule has 114 valence electrons. The molecule has 1 aliphatic rings. The number of rotatable bonds is 3. The average Bonchev–Trinajstić information content (AvgIpc) is 2.40. The van der Waals surface area contributed by atoms with Crippen LogP contribution in [0.2, 0.25) is 0 Å². The highest BCUT2D eigenvalue weighted by atomic mass is 32.2. The molecule has 1 amide bonds. The van der Waals surface area contributed by atoms with Crippen molar-refractivity contribution < 1.29 is 23.1 Å². The molecule has 0 atom stereocenters. The van der Waals surface area contributed by atoms with E-state index in [9.17, 15) is 18.0 Å².